The highest BCUT2D eigenvalue weighted by Crippen LogP contribution is 2.40. The fraction of sp³-hybridized carbons (Fsp3) is 0.238. The number of rotatable bonds is 8. The van der Waals surface area contributed by atoms with Gasteiger partial charge in [0, 0.05) is 43.2 Å². The summed E-state index contributed by atoms with van der Waals surface area (Å²) in [6.07, 6.45) is 1.40. The number of amides is 1. The molecule has 1 aromatic heterocycles. The maximum absolute atomic E-state index is 11.5. The van der Waals surface area contributed by atoms with Crippen LogP contribution in [0.1, 0.15) is 6.92 Å². The van der Waals surface area contributed by atoms with Crippen molar-refractivity contribution in [3.05, 3.63) is 42.7 Å². The number of anilines is 5. The number of nitrogens with zero attached hydrogens (tertiary/aromatic N) is 4. The smallest absolute Gasteiger partial charge is 0.232 e. The number of carbonyl (C=O) groups is 1. The van der Waals surface area contributed by atoms with Crippen molar-refractivity contribution in [2.24, 2.45) is 0 Å². The molecule has 0 aliphatic carbocycles. The Morgan fingerprint density at radius 3 is 1.90 bits per heavy atom. The van der Waals surface area contributed by atoms with Crippen LogP contribution >= 0.6 is 0 Å². The molecule has 0 spiro atoms. The van der Waals surface area contributed by atoms with Gasteiger partial charge in [-0.3, -0.25) is 4.79 Å². The van der Waals surface area contributed by atoms with E-state index in [0.29, 0.717) is 34.8 Å². The van der Waals surface area contributed by atoms with Crippen LogP contribution in [-0.4, -0.2) is 49.2 Å². The summed E-state index contributed by atoms with van der Waals surface area (Å²) in [5.41, 5.74) is 2.22. The zero-order valence-electron chi connectivity index (χ0n) is 18.0. The monoisotopic (exact) mass is 424 g/mol. The summed E-state index contributed by atoms with van der Waals surface area (Å²) >= 11 is 0. The van der Waals surface area contributed by atoms with Crippen molar-refractivity contribution >= 4 is 34.9 Å². The number of benzene rings is 2. The topological polar surface area (TPSA) is 111 Å². The molecule has 0 radical (unpaired) electrons. The number of nitrogens with one attached hydrogen (secondary N) is 2. The minimum Gasteiger partial charge on any atom is -0.493 e. The zero-order valence-corrected chi connectivity index (χ0v) is 18.0. The molecule has 162 valence electrons. The van der Waals surface area contributed by atoms with Gasteiger partial charge < -0.3 is 29.7 Å². The van der Waals surface area contributed by atoms with Gasteiger partial charge in [-0.15, -0.1) is 0 Å². The molecule has 0 atom stereocenters. The highest BCUT2D eigenvalue weighted by molar-refractivity contribution is 5.91. The Hall–Kier alpha value is -4.08. The van der Waals surface area contributed by atoms with E-state index in [2.05, 4.69) is 25.6 Å². The number of hydrogen-bond acceptors (Lipinski definition) is 9. The Balaban J connectivity index is 1.77. The first-order valence-electron chi connectivity index (χ1n) is 9.32. The van der Waals surface area contributed by atoms with Gasteiger partial charge in [-0.2, -0.15) is 4.98 Å². The van der Waals surface area contributed by atoms with Gasteiger partial charge in [0.15, 0.2) is 11.5 Å². The van der Waals surface area contributed by atoms with Crippen molar-refractivity contribution in [2.75, 3.05) is 43.9 Å². The van der Waals surface area contributed by atoms with Gasteiger partial charge in [-0.1, -0.05) is 0 Å². The number of ether oxygens (including phenoxy) is 3. The number of aromatic nitrogens is 3. The lowest BCUT2D eigenvalue weighted by Crippen LogP contribution is -2.22. The Bertz CT molecular complexity index is 1030. The van der Waals surface area contributed by atoms with E-state index in [-0.39, 0.29) is 5.91 Å². The van der Waals surface area contributed by atoms with E-state index in [4.69, 9.17) is 14.2 Å². The van der Waals surface area contributed by atoms with E-state index in [1.807, 2.05) is 24.3 Å². The largest absolute Gasteiger partial charge is 0.493 e. The second-order valence-electron chi connectivity index (χ2n) is 6.42. The van der Waals surface area contributed by atoms with Crippen LogP contribution in [0.5, 0.6) is 17.2 Å². The predicted molar refractivity (Wildman–Crippen MR) is 118 cm³/mol. The Labute approximate surface area is 180 Å². The summed E-state index contributed by atoms with van der Waals surface area (Å²) in [6.45, 7) is 1.51. The maximum atomic E-state index is 11.5. The van der Waals surface area contributed by atoms with Gasteiger partial charge in [0.1, 0.15) is 6.33 Å². The summed E-state index contributed by atoms with van der Waals surface area (Å²) in [7, 11) is 6.36. The average molecular weight is 424 g/mol. The minimum absolute atomic E-state index is 0.0410. The summed E-state index contributed by atoms with van der Waals surface area (Å²) in [4.78, 5) is 25.7. The lowest BCUT2D eigenvalue weighted by atomic mass is 10.2. The first-order chi connectivity index (χ1) is 14.9. The van der Waals surface area contributed by atoms with Gasteiger partial charge in [0.25, 0.3) is 0 Å². The van der Waals surface area contributed by atoms with Crippen LogP contribution in [0.3, 0.4) is 0 Å². The highest BCUT2D eigenvalue weighted by atomic mass is 16.5. The number of methoxy groups -OCH3 is 3. The minimum atomic E-state index is -0.0410. The number of carbonyl (C=O) groups excluding carboxylic acids is 1. The van der Waals surface area contributed by atoms with Crippen molar-refractivity contribution in [2.45, 2.75) is 6.92 Å². The van der Waals surface area contributed by atoms with Crippen LogP contribution in [0.15, 0.2) is 42.7 Å². The standard InChI is InChI=1S/C21H24N6O4/c1-13(28)27(2)16-8-6-14(7-9-16)24-20-22-12-23-21(26-20)25-15-10-17(29-3)19(31-5)18(11-15)30-4/h6-12H,1-5H3,(H2,22,23,24,25,26). The molecule has 0 saturated heterocycles. The van der Waals surface area contributed by atoms with E-state index >= 15 is 0 Å². The van der Waals surface area contributed by atoms with Crippen molar-refractivity contribution in [3.8, 4) is 17.2 Å². The fourth-order valence-electron chi connectivity index (χ4n) is 2.78. The van der Waals surface area contributed by atoms with Gasteiger partial charge in [-0.05, 0) is 24.3 Å². The molecule has 0 aliphatic rings. The van der Waals surface area contributed by atoms with Crippen LogP contribution in [0.2, 0.25) is 0 Å². The fourth-order valence-corrected chi connectivity index (χ4v) is 2.78. The third kappa shape index (κ3) is 5.10. The predicted octanol–water partition coefficient (Wildman–Crippen LogP) is 3.37. The molecule has 0 unspecified atom stereocenters. The number of hydrogen-bond donors (Lipinski definition) is 2. The third-order valence-electron chi connectivity index (χ3n) is 4.48. The van der Waals surface area contributed by atoms with Gasteiger partial charge in [-0.25, -0.2) is 9.97 Å². The zero-order chi connectivity index (χ0) is 22.4. The molecule has 10 nitrogen and oxygen atoms in total. The average Bonchev–Trinajstić information content (AvgIpc) is 2.78. The van der Waals surface area contributed by atoms with Crippen LogP contribution in [0.25, 0.3) is 0 Å². The summed E-state index contributed by atoms with van der Waals surface area (Å²) < 4.78 is 16.1. The summed E-state index contributed by atoms with van der Waals surface area (Å²) in [5.74, 6) is 2.16. The molecule has 0 fully saturated rings. The molecule has 3 aromatic rings. The highest BCUT2D eigenvalue weighted by Gasteiger charge is 2.14. The SMILES string of the molecule is COc1cc(Nc2ncnc(Nc3ccc(N(C)C(C)=O)cc3)n2)cc(OC)c1OC. The molecule has 0 aliphatic heterocycles. The summed E-state index contributed by atoms with van der Waals surface area (Å²) in [5, 5.41) is 6.22. The second kappa shape index (κ2) is 9.61. The van der Waals surface area contributed by atoms with Crippen molar-refractivity contribution in [3.63, 3.8) is 0 Å². The van der Waals surface area contributed by atoms with E-state index in [1.165, 1.54) is 13.3 Å². The summed E-state index contributed by atoms with van der Waals surface area (Å²) in [6, 6.07) is 10.8. The Morgan fingerprint density at radius 1 is 0.871 bits per heavy atom. The first kappa shape index (κ1) is 21.6. The van der Waals surface area contributed by atoms with Crippen LogP contribution in [0, 0.1) is 0 Å². The lowest BCUT2D eigenvalue weighted by molar-refractivity contribution is -0.116. The molecule has 0 saturated carbocycles. The maximum Gasteiger partial charge on any atom is 0.232 e. The molecule has 10 heteroatoms. The van der Waals surface area contributed by atoms with Gasteiger partial charge in [0.05, 0.1) is 21.3 Å². The van der Waals surface area contributed by atoms with Gasteiger partial charge >= 0.3 is 0 Å². The molecule has 1 amide bonds. The Kier molecular flexibility index (Phi) is 6.71. The van der Waals surface area contributed by atoms with Crippen LogP contribution in [0.4, 0.5) is 29.0 Å². The first-order valence-corrected chi connectivity index (χ1v) is 9.32. The molecule has 3 rings (SSSR count). The van der Waals surface area contributed by atoms with Crippen LogP contribution < -0.4 is 29.7 Å². The molecule has 2 aromatic carbocycles. The molecule has 0 bridgehead atoms. The van der Waals surface area contributed by atoms with E-state index in [9.17, 15) is 4.79 Å². The van der Waals surface area contributed by atoms with Gasteiger partial charge in [0.2, 0.25) is 23.6 Å². The normalized spacial score (nSPS) is 10.2. The molecule has 1 heterocycles. The van der Waals surface area contributed by atoms with Crippen LogP contribution in [-0.2, 0) is 4.79 Å². The quantitative estimate of drug-likeness (QED) is 0.562. The molecule has 2 N–H and O–H groups in total. The van der Waals surface area contributed by atoms with Crippen molar-refractivity contribution in [1.82, 2.24) is 15.0 Å². The lowest BCUT2D eigenvalue weighted by Gasteiger charge is -2.15. The van der Waals surface area contributed by atoms with Crippen molar-refractivity contribution in [1.29, 1.82) is 0 Å². The third-order valence-corrected chi connectivity index (χ3v) is 4.48. The Morgan fingerprint density at radius 2 is 1.42 bits per heavy atom. The van der Waals surface area contributed by atoms with Crippen molar-refractivity contribution < 1.29 is 19.0 Å². The second-order valence-corrected chi connectivity index (χ2v) is 6.42. The molecular formula is C21H24N6O4. The van der Waals surface area contributed by atoms with E-state index in [1.54, 1.807) is 45.4 Å². The molecular weight excluding hydrogens is 400 g/mol. The van der Waals surface area contributed by atoms with E-state index < -0.39 is 0 Å². The van der Waals surface area contributed by atoms with E-state index in [0.717, 1.165) is 11.4 Å². The molecule has 31 heavy (non-hydrogen) atoms.